The summed E-state index contributed by atoms with van der Waals surface area (Å²) >= 11 is 0. The number of fused-ring (bicyclic) bond motifs is 1. The molecule has 0 N–H and O–H groups in total. The molecule has 0 bridgehead atoms. The van der Waals surface area contributed by atoms with Crippen molar-refractivity contribution in [2.24, 2.45) is 5.92 Å². The van der Waals surface area contributed by atoms with E-state index in [1.165, 1.54) is 5.56 Å². The van der Waals surface area contributed by atoms with Gasteiger partial charge in [-0.25, -0.2) is 4.98 Å². The molecule has 1 saturated heterocycles. The molecule has 5 nitrogen and oxygen atoms in total. The molecule has 138 valence electrons. The van der Waals surface area contributed by atoms with Crippen LogP contribution in [0, 0.1) is 5.92 Å². The highest BCUT2D eigenvalue weighted by Crippen LogP contribution is 2.33. The van der Waals surface area contributed by atoms with Gasteiger partial charge < -0.3 is 14.2 Å². The number of carbonyl (C=O) groups is 1. The van der Waals surface area contributed by atoms with E-state index in [1.807, 2.05) is 29.3 Å². The van der Waals surface area contributed by atoms with Crippen LogP contribution in [0.15, 0.2) is 36.5 Å². The number of methoxy groups -OCH3 is 1. The average Bonchev–Trinajstić information content (AvgIpc) is 3.13. The third-order valence-electron chi connectivity index (χ3n) is 5.77. The number of likely N-dealkylation sites (tertiary alicyclic amines) is 1. The molecular weight excluding hydrogens is 326 g/mol. The predicted molar refractivity (Wildman–Crippen MR) is 101 cm³/mol. The van der Waals surface area contributed by atoms with Crippen molar-refractivity contribution in [2.75, 3.05) is 26.8 Å². The van der Waals surface area contributed by atoms with Gasteiger partial charge in [0.15, 0.2) is 0 Å². The standard InChI is InChI=1S/C21H27N3O2/c1-26-15-16-9-12-23(13-10-16)21(25)18-8-5-11-24-19(14-22-20(18)24)17-6-3-2-4-7-17/h2-4,6-7,14,16,18H,5,8-13,15H2,1H3/t18-/m1/s1. The van der Waals surface area contributed by atoms with Gasteiger partial charge in [0.05, 0.1) is 17.8 Å². The highest BCUT2D eigenvalue weighted by molar-refractivity contribution is 5.83. The SMILES string of the molecule is COCC1CCN(C(=O)[C@@H]2CCCn3c(-c4ccccc4)cnc32)CC1. The number of benzene rings is 1. The molecule has 4 rings (SSSR count). The van der Waals surface area contributed by atoms with Crippen molar-refractivity contribution in [3.05, 3.63) is 42.4 Å². The first-order valence-electron chi connectivity index (χ1n) is 9.66. The minimum absolute atomic E-state index is 0.0970. The van der Waals surface area contributed by atoms with Crippen LogP contribution >= 0.6 is 0 Å². The third-order valence-corrected chi connectivity index (χ3v) is 5.77. The van der Waals surface area contributed by atoms with Crippen LogP contribution in [0.25, 0.3) is 11.3 Å². The van der Waals surface area contributed by atoms with Crippen molar-refractivity contribution in [3.8, 4) is 11.3 Å². The number of imidazole rings is 1. The number of carbonyl (C=O) groups excluding carboxylic acids is 1. The number of hydrogen-bond donors (Lipinski definition) is 0. The van der Waals surface area contributed by atoms with Gasteiger partial charge in [-0.3, -0.25) is 4.79 Å². The Hall–Kier alpha value is -2.14. The molecule has 3 heterocycles. The van der Waals surface area contributed by atoms with Crippen LogP contribution in [0.5, 0.6) is 0 Å². The fourth-order valence-corrected chi connectivity index (χ4v) is 4.34. The van der Waals surface area contributed by atoms with E-state index in [0.717, 1.165) is 63.4 Å². The van der Waals surface area contributed by atoms with Gasteiger partial charge in [0.2, 0.25) is 5.91 Å². The van der Waals surface area contributed by atoms with Crippen molar-refractivity contribution in [1.29, 1.82) is 0 Å². The second-order valence-corrected chi connectivity index (χ2v) is 7.44. The molecular formula is C21H27N3O2. The highest BCUT2D eigenvalue weighted by atomic mass is 16.5. The Morgan fingerprint density at radius 2 is 1.92 bits per heavy atom. The van der Waals surface area contributed by atoms with Gasteiger partial charge in [-0.05, 0) is 37.2 Å². The van der Waals surface area contributed by atoms with Crippen molar-refractivity contribution < 1.29 is 9.53 Å². The molecule has 0 unspecified atom stereocenters. The first-order chi connectivity index (χ1) is 12.8. The molecule has 1 amide bonds. The van der Waals surface area contributed by atoms with E-state index in [2.05, 4.69) is 21.7 Å². The van der Waals surface area contributed by atoms with Crippen LogP contribution < -0.4 is 0 Å². The molecule has 2 aliphatic heterocycles. The van der Waals surface area contributed by atoms with E-state index >= 15 is 0 Å². The minimum Gasteiger partial charge on any atom is -0.384 e. The zero-order chi connectivity index (χ0) is 17.9. The fraction of sp³-hybridized carbons (Fsp3) is 0.524. The molecule has 0 aliphatic carbocycles. The summed E-state index contributed by atoms with van der Waals surface area (Å²) in [7, 11) is 1.75. The molecule has 1 atom stereocenters. The quantitative estimate of drug-likeness (QED) is 0.847. The van der Waals surface area contributed by atoms with Gasteiger partial charge in [-0.15, -0.1) is 0 Å². The summed E-state index contributed by atoms with van der Waals surface area (Å²) in [5.74, 6) is 1.69. The van der Waals surface area contributed by atoms with E-state index in [-0.39, 0.29) is 11.8 Å². The topological polar surface area (TPSA) is 47.4 Å². The van der Waals surface area contributed by atoms with Gasteiger partial charge in [0.25, 0.3) is 0 Å². The summed E-state index contributed by atoms with van der Waals surface area (Å²) in [5.41, 5.74) is 2.29. The van der Waals surface area contributed by atoms with Gasteiger partial charge in [-0.1, -0.05) is 30.3 Å². The summed E-state index contributed by atoms with van der Waals surface area (Å²) in [4.78, 5) is 19.9. The Bertz CT molecular complexity index is 748. The van der Waals surface area contributed by atoms with Crippen LogP contribution in [-0.4, -0.2) is 47.2 Å². The predicted octanol–water partition coefficient (Wildman–Crippen LogP) is 3.31. The maximum absolute atomic E-state index is 13.2. The molecule has 0 saturated carbocycles. The summed E-state index contributed by atoms with van der Waals surface area (Å²) in [6.07, 6.45) is 5.94. The molecule has 26 heavy (non-hydrogen) atoms. The first-order valence-corrected chi connectivity index (χ1v) is 9.66. The summed E-state index contributed by atoms with van der Waals surface area (Å²) < 4.78 is 7.52. The number of hydrogen-bond acceptors (Lipinski definition) is 3. The molecule has 1 aromatic carbocycles. The normalized spacial score (nSPS) is 20.8. The van der Waals surface area contributed by atoms with Crippen LogP contribution in [0.4, 0.5) is 0 Å². The van der Waals surface area contributed by atoms with Crippen LogP contribution in [0.3, 0.4) is 0 Å². The van der Waals surface area contributed by atoms with Crippen LogP contribution in [0.2, 0.25) is 0 Å². The molecule has 1 aromatic heterocycles. The number of ether oxygens (including phenoxy) is 1. The Labute approximate surface area is 155 Å². The first kappa shape index (κ1) is 17.3. The second-order valence-electron chi connectivity index (χ2n) is 7.44. The second kappa shape index (κ2) is 7.62. The molecule has 0 spiro atoms. The van der Waals surface area contributed by atoms with Crippen molar-refractivity contribution in [1.82, 2.24) is 14.5 Å². The summed E-state index contributed by atoms with van der Waals surface area (Å²) in [6, 6.07) is 10.3. The van der Waals surface area contributed by atoms with Crippen molar-refractivity contribution >= 4 is 5.91 Å². The van der Waals surface area contributed by atoms with Crippen LogP contribution in [0.1, 0.15) is 37.4 Å². The number of piperidine rings is 1. The van der Waals surface area contributed by atoms with Gasteiger partial charge in [0.1, 0.15) is 5.82 Å². The van der Waals surface area contributed by atoms with E-state index in [4.69, 9.17) is 4.74 Å². The lowest BCUT2D eigenvalue weighted by Gasteiger charge is -2.35. The summed E-state index contributed by atoms with van der Waals surface area (Å²) in [5, 5.41) is 0. The summed E-state index contributed by atoms with van der Waals surface area (Å²) in [6.45, 7) is 3.43. The van der Waals surface area contributed by atoms with E-state index in [9.17, 15) is 4.79 Å². The van der Waals surface area contributed by atoms with Gasteiger partial charge in [-0.2, -0.15) is 0 Å². The smallest absolute Gasteiger partial charge is 0.233 e. The van der Waals surface area contributed by atoms with E-state index in [1.54, 1.807) is 7.11 Å². The molecule has 5 heteroatoms. The Balaban J connectivity index is 1.52. The fourth-order valence-electron chi connectivity index (χ4n) is 4.34. The van der Waals surface area contributed by atoms with Crippen molar-refractivity contribution in [3.63, 3.8) is 0 Å². The lowest BCUT2D eigenvalue weighted by Crippen LogP contribution is -2.43. The molecule has 2 aromatic rings. The Morgan fingerprint density at radius 1 is 1.15 bits per heavy atom. The number of amides is 1. The van der Waals surface area contributed by atoms with Gasteiger partial charge >= 0.3 is 0 Å². The zero-order valence-corrected chi connectivity index (χ0v) is 15.4. The van der Waals surface area contributed by atoms with Gasteiger partial charge in [0, 0.05) is 33.4 Å². The number of rotatable bonds is 4. The highest BCUT2D eigenvalue weighted by Gasteiger charge is 2.34. The molecule has 1 fully saturated rings. The van der Waals surface area contributed by atoms with Crippen LogP contribution in [-0.2, 0) is 16.1 Å². The number of nitrogens with zero attached hydrogens (tertiary/aromatic N) is 3. The van der Waals surface area contributed by atoms with E-state index in [0.29, 0.717) is 5.92 Å². The maximum atomic E-state index is 13.2. The molecule has 2 aliphatic rings. The Kier molecular flexibility index (Phi) is 5.07. The average molecular weight is 353 g/mol. The third kappa shape index (κ3) is 3.28. The minimum atomic E-state index is -0.0970. The van der Waals surface area contributed by atoms with Crippen molar-refractivity contribution in [2.45, 2.75) is 38.1 Å². The lowest BCUT2D eigenvalue weighted by molar-refractivity contribution is -0.135. The zero-order valence-electron chi connectivity index (χ0n) is 15.4. The van der Waals surface area contributed by atoms with E-state index < -0.39 is 0 Å². The Morgan fingerprint density at radius 3 is 2.65 bits per heavy atom. The largest absolute Gasteiger partial charge is 0.384 e. The molecule has 0 radical (unpaired) electrons. The maximum Gasteiger partial charge on any atom is 0.233 e. The lowest BCUT2D eigenvalue weighted by atomic mass is 9.93. The number of aromatic nitrogens is 2. The monoisotopic (exact) mass is 353 g/mol.